The van der Waals surface area contributed by atoms with Crippen LogP contribution in [-0.4, -0.2) is 47.2 Å². The lowest BCUT2D eigenvalue weighted by molar-refractivity contribution is 0.0531. The fourth-order valence-corrected chi connectivity index (χ4v) is 4.68. The van der Waals surface area contributed by atoms with Crippen molar-refractivity contribution in [3.05, 3.63) is 64.8 Å². The first-order valence-electron chi connectivity index (χ1n) is 10.7. The van der Waals surface area contributed by atoms with E-state index < -0.39 is 15.8 Å². The minimum atomic E-state index is -3.25. The molecule has 35 heavy (non-hydrogen) atoms. The fourth-order valence-electron chi connectivity index (χ4n) is 3.20. The predicted molar refractivity (Wildman–Crippen MR) is 135 cm³/mol. The molecule has 4 aromatic rings. The molecule has 0 atom stereocenters. The summed E-state index contributed by atoms with van der Waals surface area (Å²) in [5.74, 6) is 0.440. The number of sulfone groups is 1. The van der Waals surface area contributed by atoms with Crippen molar-refractivity contribution >= 4 is 44.0 Å². The molecule has 0 fully saturated rings. The van der Waals surface area contributed by atoms with Crippen LogP contribution in [-0.2, 0) is 21.1 Å². The molecule has 0 aliphatic carbocycles. The van der Waals surface area contributed by atoms with Gasteiger partial charge in [-0.05, 0) is 43.7 Å². The number of carbonyl (C=O) groups is 1. The van der Waals surface area contributed by atoms with E-state index in [0.29, 0.717) is 39.7 Å². The van der Waals surface area contributed by atoms with Crippen LogP contribution in [0.4, 0.5) is 16.9 Å². The summed E-state index contributed by atoms with van der Waals surface area (Å²) in [5.41, 5.74) is 2.91. The highest BCUT2D eigenvalue weighted by Crippen LogP contribution is 2.27. The van der Waals surface area contributed by atoms with Crippen LogP contribution in [0.3, 0.4) is 0 Å². The molecule has 3 heterocycles. The Morgan fingerprint density at radius 1 is 1.14 bits per heavy atom. The van der Waals surface area contributed by atoms with Crippen LogP contribution in [0.5, 0.6) is 0 Å². The van der Waals surface area contributed by atoms with Crippen molar-refractivity contribution in [2.24, 2.45) is 0 Å². The normalized spacial score (nSPS) is 11.3. The van der Waals surface area contributed by atoms with E-state index in [1.165, 1.54) is 17.6 Å². The van der Waals surface area contributed by atoms with E-state index >= 15 is 0 Å². The SMILES string of the molecule is CCOC(=O)c1sc(Nc2nc(NCc3ccc(S(C)(=O)=O)cc3)cc(-c3ccc[nH]3)n2)nc1C. The fraction of sp³-hybridized carbons (Fsp3) is 0.217. The number of rotatable bonds is 9. The van der Waals surface area contributed by atoms with Crippen molar-refractivity contribution in [2.75, 3.05) is 23.5 Å². The highest BCUT2D eigenvalue weighted by atomic mass is 32.2. The average molecular weight is 513 g/mol. The average Bonchev–Trinajstić information content (AvgIpc) is 3.47. The maximum Gasteiger partial charge on any atom is 0.350 e. The van der Waals surface area contributed by atoms with Gasteiger partial charge in [0.15, 0.2) is 15.0 Å². The molecule has 0 unspecified atom stereocenters. The number of esters is 1. The summed E-state index contributed by atoms with van der Waals surface area (Å²) in [7, 11) is -3.25. The molecule has 4 rings (SSSR count). The Morgan fingerprint density at radius 2 is 1.91 bits per heavy atom. The molecular formula is C23H24N6O4S2. The number of aromatic nitrogens is 4. The van der Waals surface area contributed by atoms with Crippen molar-refractivity contribution < 1.29 is 17.9 Å². The van der Waals surface area contributed by atoms with Gasteiger partial charge in [-0.2, -0.15) is 4.98 Å². The van der Waals surface area contributed by atoms with Crippen LogP contribution in [0, 0.1) is 6.92 Å². The number of nitrogens with zero attached hydrogens (tertiary/aromatic N) is 3. The summed E-state index contributed by atoms with van der Waals surface area (Å²) in [5, 5.41) is 6.81. The van der Waals surface area contributed by atoms with Crippen molar-refractivity contribution in [3.63, 3.8) is 0 Å². The molecule has 182 valence electrons. The number of benzene rings is 1. The van der Waals surface area contributed by atoms with Crippen LogP contribution < -0.4 is 10.6 Å². The first-order chi connectivity index (χ1) is 16.7. The van der Waals surface area contributed by atoms with E-state index in [1.54, 1.807) is 50.4 Å². The van der Waals surface area contributed by atoms with Crippen molar-refractivity contribution in [1.82, 2.24) is 19.9 Å². The number of anilines is 3. The van der Waals surface area contributed by atoms with Crippen molar-refractivity contribution in [2.45, 2.75) is 25.3 Å². The third-order valence-corrected chi connectivity index (χ3v) is 7.08. The summed E-state index contributed by atoms with van der Waals surface area (Å²) >= 11 is 1.17. The molecule has 0 bridgehead atoms. The van der Waals surface area contributed by atoms with E-state index in [-0.39, 0.29) is 11.5 Å². The highest BCUT2D eigenvalue weighted by molar-refractivity contribution is 7.90. The van der Waals surface area contributed by atoms with Gasteiger partial charge in [-0.3, -0.25) is 5.32 Å². The molecule has 1 aromatic carbocycles. The van der Waals surface area contributed by atoms with E-state index in [1.807, 2.05) is 12.1 Å². The van der Waals surface area contributed by atoms with Gasteiger partial charge in [0.25, 0.3) is 0 Å². The summed E-state index contributed by atoms with van der Waals surface area (Å²) in [6.45, 7) is 4.20. The first kappa shape index (κ1) is 24.4. The zero-order valence-corrected chi connectivity index (χ0v) is 21.0. The van der Waals surface area contributed by atoms with Gasteiger partial charge in [0.2, 0.25) is 5.95 Å². The van der Waals surface area contributed by atoms with Gasteiger partial charge in [-0.15, -0.1) is 0 Å². The van der Waals surface area contributed by atoms with E-state index in [9.17, 15) is 13.2 Å². The summed E-state index contributed by atoms with van der Waals surface area (Å²) in [6.07, 6.45) is 2.98. The predicted octanol–water partition coefficient (Wildman–Crippen LogP) is 4.17. The maximum absolute atomic E-state index is 12.1. The van der Waals surface area contributed by atoms with Gasteiger partial charge in [0.05, 0.1) is 28.6 Å². The molecule has 12 heteroatoms. The van der Waals surface area contributed by atoms with E-state index in [0.717, 1.165) is 11.3 Å². The molecule has 10 nitrogen and oxygen atoms in total. The Bertz CT molecular complexity index is 1430. The number of hydrogen-bond donors (Lipinski definition) is 3. The van der Waals surface area contributed by atoms with Crippen LogP contribution in [0.2, 0.25) is 0 Å². The Labute approximate surface area is 206 Å². The highest BCUT2D eigenvalue weighted by Gasteiger charge is 2.17. The maximum atomic E-state index is 12.1. The number of aromatic amines is 1. The second kappa shape index (κ2) is 10.2. The first-order valence-corrected chi connectivity index (χ1v) is 13.4. The smallest absolute Gasteiger partial charge is 0.350 e. The number of ether oxygens (including phenoxy) is 1. The molecule has 0 spiro atoms. The van der Waals surface area contributed by atoms with Gasteiger partial charge in [-0.25, -0.2) is 23.2 Å². The standard InChI is InChI=1S/C23H24N6O4S2/c1-4-33-21(30)20-14(2)26-23(34-20)29-22-27-18(17-6-5-11-24-17)12-19(28-22)25-13-15-7-9-16(10-8-15)35(3,31)32/h5-12,24H,4,13H2,1-3H3,(H2,25,26,27,28,29). The number of carbonyl (C=O) groups excluding carboxylic acids is 1. The number of hydrogen-bond acceptors (Lipinski definition) is 10. The molecule has 0 saturated carbocycles. The molecule has 0 aliphatic heterocycles. The number of nitrogens with one attached hydrogen (secondary N) is 3. The topological polar surface area (TPSA) is 139 Å². The molecule has 0 aliphatic rings. The third kappa shape index (κ3) is 6.03. The minimum Gasteiger partial charge on any atom is -0.462 e. The second-order valence-electron chi connectivity index (χ2n) is 7.59. The van der Waals surface area contributed by atoms with Crippen molar-refractivity contribution in [1.29, 1.82) is 0 Å². The quantitative estimate of drug-likeness (QED) is 0.282. The Kier molecular flexibility index (Phi) is 7.12. The molecule has 0 radical (unpaired) electrons. The summed E-state index contributed by atoms with van der Waals surface area (Å²) in [6, 6.07) is 12.2. The summed E-state index contributed by atoms with van der Waals surface area (Å²) < 4.78 is 28.4. The van der Waals surface area contributed by atoms with Gasteiger partial charge in [-0.1, -0.05) is 23.5 Å². The van der Waals surface area contributed by atoms with Crippen LogP contribution in [0.15, 0.2) is 53.6 Å². The summed E-state index contributed by atoms with van der Waals surface area (Å²) in [4.78, 5) is 29.5. The van der Waals surface area contributed by atoms with Gasteiger partial charge in [0, 0.05) is 25.1 Å². The zero-order chi connectivity index (χ0) is 25.0. The number of H-pyrrole nitrogens is 1. The second-order valence-corrected chi connectivity index (χ2v) is 10.6. The van der Waals surface area contributed by atoms with E-state index in [4.69, 9.17) is 4.74 Å². The van der Waals surface area contributed by atoms with E-state index in [2.05, 4.69) is 30.6 Å². The molecule has 0 saturated heterocycles. The number of aryl methyl sites for hydroxylation is 1. The van der Waals surface area contributed by atoms with Gasteiger partial charge >= 0.3 is 5.97 Å². The monoisotopic (exact) mass is 512 g/mol. The Morgan fingerprint density at radius 3 is 2.57 bits per heavy atom. The number of thiazole rings is 1. The van der Waals surface area contributed by atoms with Gasteiger partial charge < -0.3 is 15.0 Å². The molecule has 3 aromatic heterocycles. The Balaban J connectivity index is 1.57. The van der Waals surface area contributed by atoms with Crippen LogP contribution in [0.25, 0.3) is 11.4 Å². The van der Waals surface area contributed by atoms with Crippen molar-refractivity contribution in [3.8, 4) is 11.4 Å². The largest absolute Gasteiger partial charge is 0.462 e. The zero-order valence-electron chi connectivity index (χ0n) is 19.3. The molecular weight excluding hydrogens is 488 g/mol. The molecule has 0 amide bonds. The molecule has 3 N–H and O–H groups in total. The lowest BCUT2D eigenvalue weighted by Crippen LogP contribution is -2.06. The van der Waals surface area contributed by atoms with Crippen LogP contribution in [0.1, 0.15) is 27.9 Å². The minimum absolute atomic E-state index is 0.268. The van der Waals surface area contributed by atoms with Gasteiger partial charge in [0.1, 0.15) is 10.7 Å². The third-order valence-electron chi connectivity index (χ3n) is 4.90. The van der Waals surface area contributed by atoms with Crippen LogP contribution >= 0.6 is 11.3 Å². The lowest BCUT2D eigenvalue weighted by atomic mass is 10.2. The Hall–Kier alpha value is -3.77. The lowest BCUT2D eigenvalue weighted by Gasteiger charge is -2.10.